The molecule has 0 spiro atoms. The summed E-state index contributed by atoms with van der Waals surface area (Å²) in [4.78, 5) is 37.4. The lowest BCUT2D eigenvalue weighted by Crippen LogP contribution is -2.40. The van der Waals surface area contributed by atoms with Gasteiger partial charge in [0.25, 0.3) is 6.29 Å². The molecule has 9 nitrogen and oxygen atoms in total. The summed E-state index contributed by atoms with van der Waals surface area (Å²) in [5.41, 5.74) is 0. The number of rotatable bonds is 53. The SMILES string of the molecule is CC/C=C\C/C=C\C/C=C\C/C=C\C/C=C\C/C=C\C/C=C\C/C=C\CCCCC(=O)OC(COC(=O)CCCCCCCCCCCCCCCCCCCCCCC)COC(OCC[N+](C)(C)C)C(=O)O. The maximum atomic E-state index is 12.9. The van der Waals surface area contributed by atoms with Crippen LogP contribution in [0.5, 0.6) is 0 Å². The number of likely N-dealkylation sites (N-methyl/N-ethyl adjacent to an activating group) is 1. The molecule has 2 unspecified atom stereocenters. The van der Waals surface area contributed by atoms with Crippen LogP contribution in [0, 0.1) is 0 Å². The van der Waals surface area contributed by atoms with E-state index in [1.807, 2.05) is 21.1 Å². The largest absolute Gasteiger partial charge is 0.477 e. The van der Waals surface area contributed by atoms with Gasteiger partial charge in [-0.25, -0.2) is 4.79 Å². The van der Waals surface area contributed by atoms with Gasteiger partial charge in [0.1, 0.15) is 13.2 Å². The molecule has 1 N–H and O–H groups in total. The Morgan fingerprint density at radius 1 is 0.425 bits per heavy atom. The number of esters is 2. The van der Waals surface area contributed by atoms with Gasteiger partial charge < -0.3 is 28.5 Å². The van der Waals surface area contributed by atoms with Gasteiger partial charge in [0.15, 0.2) is 6.10 Å². The Balaban J connectivity index is 4.36. The monoisotopic (exact) mass is 1020 g/mol. The van der Waals surface area contributed by atoms with Crippen molar-refractivity contribution in [3.63, 3.8) is 0 Å². The third kappa shape index (κ3) is 55.8. The molecule has 2 atom stereocenters. The first-order valence-corrected chi connectivity index (χ1v) is 29.4. The Kier molecular flexibility index (Phi) is 51.6. The summed E-state index contributed by atoms with van der Waals surface area (Å²) < 4.78 is 22.8. The number of nitrogens with zero attached hydrogens (tertiary/aromatic N) is 1. The van der Waals surface area contributed by atoms with E-state index >= 15 is 0 Å². The number of hydrogen-bond donors (Lipinski definition) is 1. The fourth-order valence-electron chi connectivity index (χ4n) is 7.85. The Morgan fingerprint density at radius 3 is 1.16 bits per heavy atom. The van der Waals surface area contributed by atoms with Crippen molar-refractivity contribution in [3.8, 4) is 0 Å². The molecule has 0 saturated heterocycles. The van der Waals surface area contributed by atoms with Crippen molar-refractivity contribution in [1.82, 2.24) is 0 Å². The van der Waals surface area contributed by atoms with Crippen molar-refractivity contribution in [2.75, 3.05) is 47.5 Å². The maximum absolute atomic E-state index is 12.9. The summed E-state index contributed by atoms with van der Waals surface area (Å²) >= 11 is 0. The second kappa shape index (κ2) is 54.5. The molecule has 0 aromatic rings. The van der Waals surface area contributed by atoms with Crippen LogP contribution >= 0.6 is 0 Å². The first-order valence-electron chi connectivity index (χ1n) is 29.4. The number of allylic oxidation sites excluding steroid dienone is 16. The molecule has 0 aromatic carbocycles. The molecule has 0 fully saturated rings. The predicted octanol–water partition coefficient (Wildman–Crippen LogP) is 17.3. The van der Waals surface area contributed by atoms with Gasteiger partial charge in [0, 0.05) is 12.8 Å². The predicted molar refractivity (Wildman–Crippen MR) is 309 cm³/mol. The Bertz CT molecular complexity index is 1520. The molecule has 0 aliphatic heterocycles. The van der Waals surface area contributed by atoms with Crippen molar-refractivity contribution < 1.29 is 42.9 Å². The molecule has 0 aliphatic rings. The molecular weight excluding hydrogens is 911 g/mol. The Morgan fingerprint density at radius 2 is 0.781 bits per heavy atom. The molecule has 0 bridgehead atoms. The summed E-state index contributed by atoms with van der Waals surface area (Å²) in [5, 5.41) is 9.70. The molecule has 73 heavy (non-hydrogen) atoms. The van der Waals surface area contributed by atoms with Crippen LogP contribution < -0.4 is 0 Å². The summed E-state index contributed by atoms with van der Waals surface area (Å²) in [6.45, 7) is 4.72. The molecule has 0 saturated carbocycles. The molecule has 418 valence electrons. The average molecular weight is 1020 g/mol. The highest BCUT2D eigenvalue weighted by molar-refractivity contribution is 5.71. The maximum Gasteiger partial charge on any atom is 0.361 e. The Hall–Kier alpha value is -3.79. The summed E-state index contributed by atoms with van der Waals surface area (Å²) in [6, 6.07) is 0. The fourth-order valence-corrected chi connectivity index (χ4v) is 7.85. The number of aliphatic carboxylic acids is 1. The van der Waals surface area contributed by atoms with Gasteiger partial charge in [-0.3, -0.25) is 9.59 Å². The molecule has 9 heteroatoms. The van der Waals surface area contributed by atoms with Crippen LogP contribution in [-0.2, 0) is 33.3 Å². The van der Waals surface area contributed by atoms with E-state index in [1.165, 1.54) is 116 Å². The van der Waals surface area contributed by atoms with Crippen molar-refractivity contribution in [1.29, 1.82) is 0 Å². The smallest absolute Gasteiger partial charge is 0.361 e. The van der Waals surface area contributed by atoms with Crippen LogP contribution in [0.4, 0.5) is 0 Å². The lowest BCUT2D eigenvalue weighted by Gasteiger charge is -2.25. The first-order chi connectivity index (χ1) is 35.6. The van der Waals surface area contributed by atoms with Gasteiger partial charge in [-0.1, -0.05) is 239 Å². The zero-order valence-corrected chi connectivity index (χ0v) is 47.5. The number of carboxylic acid groups (broad SMARTS) is 1. The average Bonchev–Trinajstić information content (AvgIpc) is 3.36. The highest BCUT2D eigenvalue weighted by Crippen LogP contribution is 2.16. The van der Waals surface area contributed by atoms with Gasteiger partial charge in [-0.15, -0.1) is 0 Å². The summed E-state index contributed by atoms with van der Waals surface area (Å²) in [5.74, 6) is -2.07. The van der Waals surface area contributed by atoms with Gasteiger partial charge in [0.05, 0.1) is 34.4 Å². The van der Waals surface area contributed by atoms with E-state index in [0.29, 0.717) is 23.9 Å². The van der Waals surface area contributed by atoms with Crippen molar-refractivity contribution >= 4 is 17.9 Å². The number of ether oxygens (including phenoxy) is 4. The molecule has 0 radical (unpaired) electrons. The topological polar surface area (TPSA) is 108 Å². The minimum absolute atomic E-state index is 0.175. The number of carbonyl (C=O) groups excluding carboxylic acids is 2. The highest BCUT2D eigenvalue weighted by Gasteiger charge is 2.25. The number of carbonyl (C=O) groups is 3. The normalized spacial score (nSPS) is 13.5. The standard InChI is InChI=1S/C64H109NO8/c1-6-8-10-12-14-16-18-20-22-24-26-28-29-30-31-32-33-35-37-39-41-43-45-47-49-51-53-55-62(67)73-60(59-72-64(63(68)69)70-57-56-65(3,4)5)58-71-61(66)54-52-50-48-46-44-42-40-38-36-34-27-25-23-21-19-17-15-13-11-9-7-2/h8,10,14,16,20,22,26,28,30-31,33,35,39,41,45,47,60,64H,6-7,9,11-13,15,17-19,21,23-25,27,29,32,34,36-38,40,42-44,46,48-59H2,1-5H3/p+1/b10-8-,16-14-,22-20-,28-26-,31-30-,35-33-,41-39-,47-45-. The van der Waals surface area contributed by atoms with Crippen LogP contribution in [0.3, 0.4) is 0 Å². The van der Waals surface area contributed by atoms with E-state index in [-0.39, 0.29) is 32.2 Å². The molecule has 0 rings (SSSR count). The minimum Gasteiger partial charge on any atom is -0.477 e. The third-order valence-corrected chi connectivity index (χ3v) is 12.4. The quantitative estimate of drug-likeness (QED) is 0.0211. The van der Waals surface area contributed by atoms with Crippen molar-refractivity contribution in [2.45, 2.75) is 245 Å². The van der Waals surface area contributed by atoms with E-state index in [2.05, 4.69) is 111 Å². The van der Waals surface area contributed by atoms with Crippen LogP contribution in [-0.4, -0.2) is 87.4 Å². The van der Waals surface area contributed by atoms with Crippen LogP contribution in [0.25, 0.3) is 0 Å². The van der Waals surface area contributed by atoms with E-state index in [1.54, 1.807) is 0 Å². The zero-order valence-electron chi connectivity index (χ0n) is 47.5. The van der Waals surface area contributed by atoms with E-state index in [4.69, 9.17) is 18.9 Å². The Labute approximate surface area is 448 Å². The van der Waals surface area contributed by atoms with Crippen LogP contribution in [0.2, 0.25) is 0 Å². The van der Waals surface area contributed by atoms with E-state index < -0.39 is 24.3 Å². The zero-order chi connectivity index (χ0) is 53.4. The molecule has 0 aliphatic carbocycles. The molecular formula is C64H110NO8+. The molecule has 0 heterocycles. The summed E-state index contributed by atoms with van der Waals surface area (Å²) in [7, 11) is 5.95. The van der Waals surface area contributed by atoms with Crippen molar-refractivity contribution in [3.05, 3.63) is 97.2 Å². The van der Waals surface area contributed by atoms with E-state index in [0.717, 1.165) is 83.5 Å². The van der Waals surface area contributed by atoms with Crippen LogP contribution in [0.1, 0.15) is 232 Å². The second-order valence-electron chi connectivity index (χ2n) is 20.6. The van der Waals surface area contributed by atoms with Gasteiger partial charge >= 0.3 is 17.9 Å². The third-order valence-electron chi connectivity index (χ3n) is 12.4. The number of hydrogen-bond acceptors (Lipinski definition) is 7. The number of carboxylic acids is 1. The lowest BCUT2D eigenvalue weighted by atomic mass is 10.0. The molecule has 0 aromatic heterocycles. The van der Waals surface area contributed by atoms with Gasteiger partial charge in [-0.2, -0.15) is 0 Å². The second-order valence-corrected chi connectivity index (χ2v) is 20.6. The van der Waals surface area contributed by atoms with E-state index in [9.17, 15) is 19.5 Å². The number of unbranched alkanes of at least 4 members (excludes halogenated alkanes) is 22. The minimum atomic E-state index is -1.53. The molecule has 0 amide bonds. The van der Waals surface area contributed by atoms with Gasteiger partial charge in [-0.05, 0) is 77.0 Å². The fraction of sp³-hybridized carbons (Fsp3) is 0.703. The lowest BCUT2D eigenvalue weighted by molar-refractivity contribution is -0.870. The summed E-state index contributed by atoms with van der Waals surface area (Å²) in [6.07, 6.45) is 70.6. The number of quaternary nitrogens is 1. The van der Waals surface area contributed by atoms with Crippen LogP contribution in [0.15, 0.2) is 97.2 Å². The van der Waals surface area contributed by atoms with Gasteiger partial charge in [0.2, 0.25) is 0 Å². The highest BCUT2D eigenvalue weighted by atomic mass is 16.7. The van der Waals surface area contributed by atoms with Crippen molar-refractivity contribution in [2.24, 2.45) is 0 Å². The first kappa shape index (κ1) is 69.2.